The van der Waals surface area contributed by atoms with Crippen molar-refractivity contribution in [2.75, 3.05) is 24.5 Å². The smallest absolute Gasteiger partial charge is 0.356 e. The molecule has 2 N–H and O–H groups in total. The van der Waals surface area contributed by atoms with Crippen LogP contribution in [0.1, 0.15) is 52.7 Å². The van der Waals surface area contributed by atoms with Crippen LogP contribution in [0.5, 0.6) is 0 Å². The summed E-state index contributed by atoms with van der Waals surface area (Å²) < 4.78 is 57.2. The average molecular weight is 644 g/mol. The first-order chi connectivity index (χ1) is 21.5. The minimum Gasteiger partial charge on any atom is -0.356 e. The summed E-state index contributed by atoms with van der Waals surface area (Å²) >= 11 is 6.03. The molecule has 0 saturated carbocycles. The summed E-state index contributed by atoms with van der Waals surface area (Å²) in [4.78, 5) is 43.9. The summed E-state index contributed by atoms with van der Waals surface area (Å²) in [7, 11) is 0. The Hall–Kier alpha value is -4.03. The maximum absolute atomic E-state index is 15.0. The number of hydrogen-bond acceptors (Lipinski definition) is 6. The molecule has 2 fully saturated rings. The molecule has 3 aromatic rings. The summed E-state index contributed by atoms with van der Waals surface area (Å²) in [5.74, 6) is -1.81. The van der Waals surface area contributed by atoms with E-state index >= 15 is 0 Å². The van der Waals surface area contributed by atoms with Crippen molar-refractivity contribution in [3.05, 3.63) is 81.8 Å². The number of pyridine rings is 1. The van der Waals surface area contributed by atoms with Gasteiger partial charge in [-0.05, 0) is 73.2 Å². The summed E-state index contributed by atoms with van der Waals surface area (Å²) in [6.45, 7) is 1.69. The highest BCUT2D eigenvalue weighted by Gasteiger charge is 2.40. The van der Waals surface area contributed by atoms with Gasteiger partial charge in [-0.25, -0.2) is 9.37 Å². The molecule has 4 heterocycles. The molecule has 0 radical (unpaired) electrons. The number of benzene rings is 2. The number of amides is 3. The molecular formula is C32H30ClF4N5O3. The van der Waals surface area contributed by atoms with E-state index in [-0.39, 0.29) is 49.1 Å². The number of halogens is 5. The van der Waals surface area contributed by atoms with Crippen LogP contribution >= 0.6 is 11.6 Å². The van der Waals surface area contributed by atoms with Gasteiger partial charge in [0.2, 0.25) is 11.8 Å². The van der Waals surface area contributed by atoms with Crippen LogP contribution in [0.3, 0.4) is 0 Å². The molecule has 0 spiro atoms. The zero-order valence-corrected chi connectivity index (χ0v) is 24.8. The van der Waals surface area contributed by atoms with Crippen molar-refractivity contribution in [1.82, 2.24) is 20.5 Å². The number of rotatable bonds is 7. The van der Waals surface area contributed by atoms with Gasteiger partial charge in [-0.2, -0.15) is 13.2 Å². The topological polar surface area (TPSA) is 94.6 Å². The molecule has 236 valence electrons. The van der Waals surface area contributed by atoms with Gasteiger partial charge in [-0.3, -0.25) is 19.7 Å². The molecule has 0 bridgehead atoms. The second-order valence-corrected chi connectivity index (χ2v) is 12.1. The van der Waals surface area contributed by atoms with E-state index in [2.05, 4.69) is 15.6 Å². The molecule has 45 heavy (non-hydrogen) atoms. The van der Waals surface area contributed by atoms with Crippen LogP contribution in [0.2, 0.25) is 5.02 Å². The summed E-state index contributed by atoms with van der Waals surface area (Å²) in [6.07, 6.45) is -1.53. The molecule has 13 heteroatoms. The lowest BCUT2D eigenvalue weighted by molar-refractivity contribution is -0.138. The Labute approximate surface area is 261 Å². The third-order valence-corrected chi connectivity index (χ3v) is 8.92. The highest BCUT2D eigenvalue weighted by molar-refractivity contribution is 6.30. The second-order valence-electron chi connectivity index (χ2n) is 11.7. The number of carbonyl (C=O) groups excluding carboxylic acids is 3. The van der Waals surface area contributed by atoms with Gasteiger partial charge in [0.1, 0.15) is 17.7 Å². The molecule has 8 nitrogen and oxygen atoms in total. The maximum atomic E-state index is 15.0. The molecule has 1 atom stereocenters. The summed E-state index contributed by atoms with van der Waals surface area (Å²) in [5, 5.41) is 5.93. The van der Waals surface area contributed by atoms with Gasteiger partial charge in [0.05, 0.1) is 5.56 Å². The average Bonchev–Trinajstić information content (AvgIpc) is 3.31. The van der Waals surface area contributed by atoms with Gasteiger partial charge in [-0.1, -0.05) is 23.7 Å². The van der Waals surface area contributed by atoms with Gasteiger partial charge in [0.25, 0.3) is 5.91 Å². The Kier molecular flexibility index (Phi) is 8.53. The van der Waals surface area contributed by atoms with Crippen molar-refractivity contribution < 1.29 is 31.9 Å². The number of hydrogen-bond donors (Lipinski definition) is 2. The fourth-order valence-electron chi connectivity index (χ4n) is 6.28. The van der Waals surface area contributed by atoms with Crippen LogP contribution in [-0.4, -0.2) is 53.3 Å². The standard InChI is InChI=1S/C32H30ClF4N5O3/c33-23-3-1-2-19(11-23)20-12-25(32(35,36)37)29(39-16-20)41-8-6-18(7-9-41)14-38-15-21-10-22-17-42(31(45)24(22)13-26(21)34)27-4-5-28(43)40-30(27)44/h1-3,10-13,16,18,27,38H,4-9,14-15,17H2,(H,40,43,44). The van der Waals surface area contributed by atoms with Crippen LogP contribution in [0.25, 0.3) is 11.1 Å². The SMILES string of the molecule is O=C1CCC(N2Cc3cc(CNCC4CCN(c5ncc(-c6cccc(Cl)c6)cc5C(F)(F)F)CC4)c(F)cc3C2=O)C(=O)N1. The normalized spacial score (nSPS) is 19.2. The number of carbonyl (C=O) groups is 3. The lowest BCUT2D eigenvalue weighted by Gasteiger charge is -2.34. The van der Waals surface area contributed by atoms with Gasteiger partial charge in [0, 0.05) is 60.5 Å². The molecule has 1 aromatic heterocycles. The van der Waals surface area contributed by atoms with Crippen molar-refractivity contribution in [3.63, 3.8) is 0 Å². The third kappa shape index (κ3) is 6.53. The Morgan fingerprint density at radius 3 is 2.51 bits per heavy atom. The van der Waals surface area contributed by atoms with Crippen molar-refractivity contribution >= 4 is 35.1 Å². The predicted molar refractivity (Wildman–Crippen MR) is 159 cm³/mol. The number of alkyl halides is 3. The molecule has 1 unspecified atom stereocenters. The summed E-state index contributed by atoms with van der Waals surface area (Å²) in [6, 6.07) is 9.77. The first-order valence-corrected chi connectivity index (χ1v) is 15.1. The molecule has 3 aliphatic rings. The van der Waals surface area contributed by atoms with E-state index in [1.807, 2.05) is 0 Å². The van der Waals surface area contributed by atoms with Crippen molar-refractivity contribution in [2.24, 2.45) is 5.92 Å². The maximum Gasteiger partial charge on any atom is 0.419 e. The fourth-order valence-corrected chi connectivity index (χ4v) is 6.47. The quantitative estimate of drug-likeness (QED) is 0.267. The molecule has 0 aliphatic carbocycles. The molecule has 6 rings (SSSR count). The molecule has 2 aromatic carbocycles. The van der Waals surface area contributed by atoms with E-state index in [1.165, 1.54) is 17.2 Å². The highest BCUT2D eigenvalue weighted by Crippen LogP contribution is 2.39. The number of imide groups is 1. The van der Waals surface area contributed by atoms with Crippen LogP contribution in [0.15, 0.2) is 48.7 Å². The zero-order valence-electron chi connectivity index (χ0n) is 24.1. The highest BCUT2D eigenvalue weighted by atomic mass is 35.5. The van der Waals surface area contributed by atoms with Gasteiger partial charge in [0.15, 0.2) is 0 Å². The van der Waals surface area contributed by atoms with Crippen LogP contribution < -0.4 is 15.5 Å². The molecule has 2 saturated heterocycles. The molecule has 3 amide bonds. The van der Waals surface area contributed by atoms with E-state index in [1.54, 1.807) is 35.2 Å². The van der Waals surface area contributed by atoms with Crippen LogP contribution in [-0.2, 0) is 28.9 Å². The number of aromatic nitrogens is 1. The van der Waals surface area contributed by atoms with E-state index < -0.39 is 35.4 Å². The third-order valence-electron chi connectivity index (χ3n) is 8.68. The Balaban J connectivity index is 1.05. The summed E-state index contributed by atoms with van der Waals surface area (Å²) in [5.41, 5.74) is 1.29. The Morgan fingerprint density at radius 2 is 1.80 bits per heavy atom. The van der Waals surface area contributed by atoms with Gasteiger partial charge in [-0.15, -0.1) is 0 Å². The number of anilines is 1. The predicted octanol–water partition coefficient (Wildman–Crippen LogP) is 5.33. The Morgan fingerprint density at radius 1 is 1.02 bits per heavy atom. The first kappa shape index (κ1) is 31.0. The molecular weight excluding hydrogens is 614 g/mol. The van der Waals surface area contributed by atoms with E-state index in [0.29, 0.717) is 59.8 Å². The van der Waals surface area contributed by atoms with Gasteiger partial charge >= 0.3 is 6.18 Å². The van der Waals surface area contributed by atoms with Crippen molar-refractivity contribution in [3.8, 4) is 11.1 Å². The van der Waals surface area contributed by atoms with Crippen LogP contribution in [0.4, 0.5) is 23.4 Å². The van der Waals surface area contributed by atoms with E-state index in [0.717, 1.165) is 6.07 Å². The number of piperidine rings is 2. The lowest BCUT2D eigenvalue weighted by atomic mass is 9.96. The van der Waals surface area contributed by atoms with Crippen molar-refractivity contribution in [1.29, 1.82) is 0 Å². The number of nitrogens with one attached hydrogen (secondary N) is 2. The van der Waals surface area contributed by atoms with E-state index in [9.17, 15) is 31.9 Å². The van der Waals surface area contributed by atoms with Crippen LogP contribution in [0, 0.1) is 11.7 Å². The number of fused-ring (bicyclic) bond motifs is 1. The minimum absolute atomic E-state index is 0.0965. The number of nitrogens with zero attached hydrogens (tertiary/aromatic N) is 3. The second kappa shape index (κ2) is 12.4. The zero-order chi connectivity index (χ0) is 31.9. The first-order valence-electron chi connectivity index (χ1n) is 14.7. The van der Waals surface area contributed by atoms with E-state index in [4.69, 9.17) is 11.6 Å². The van der Waals surface area contributed by atoms with Crippen molar-refractivity contribution in [2.45, 2.75) is 51.0 Å². The monoisotopic (exact) mass is 643 g/mol. The fraction of sp³-hybridized carbons (Fsp3) is 0.375. The lowest BCUT2D eigenvalue weighted by Crippen LogP contribution is -2.52. The largest absolute Gasteiger partial charge is 0.419 e. The van der Waals surface area contributed by atoms with Gasteiger partial charge < -0.3 is 15.1 Å². The Bertz CT molecular complexity index is 1660. The minimum atomic E-state index is -4.58. The molecule has 3 aliphatic heterocycles.